The van der Waals surface area contributed by atoms with Gasteiger partial charge in [0.25, 0.3) is 0 Å². The summed E-state index contributed by atoms with van der Waals surface area (Å²) in [6.07, 6.45) is 1.31. The predicted octanol–water partition coefficient (Wildman–Crippen LogP) is 4.51. The standard InChI is InChI=1S/C24H22Cl2N4O4/c25-16-8-7-13(10-17(16)26)27-24(34)30-12-19-15(14-4-1-2-5-18(14)28-19)11-21(30)22(31)29-9-3-6-20(29)23(32)33/h1-2,4-5,7-8,10,20-21,28H,3,6,9,11-12H2,(H,27,34)(H,32,33)/t20-,21+/m0/s1. The van der Waals surface area contributed by atoms with E-state index >= 15 is 0 Å². The number of hydrogen-bond donors (Lipinski definition) is 3. The van der Waals surface area contributed by atoms with E-state index in [9.17, 15) is 19.5 Å². The van der Waals surface area contributed by atoms with Crippen LogP contribution in [0.4, 0.5) is 10.5 Å². The van der Waals surface area contributed by atoms with Crippen LogP contribution in [0, 0.1) is 0 Å². The lowest BCUT2D eigenvalue weighted by Crippen LogP contribution is -2.56. The van der Waals surface area contributed by atoms with Crippen molar-refractivity contribution in [3.05, 3.63) is 63.8 Å². The van der Waals surface area contributed by atoms with E-state index in [2.05, 4.69) is 10.3 Å². The van der Waals surface area contributed by atoms with Crippen molar-refractivity contribution in [3.63, 3.8) is 0 Å². The van der Waals surface area contributed by atoms with Crippen molar-refractivity contribution in [3.8, 4) is 0 Å². The van der Waals surface area contributed by atoms with Crippen LogP contribution in [-0.2, 0) is 22.6 Å². The fraction of sp³-hybridized carbons (Fsp3) is 0.292. The van der Waals surface area contributed by atoms with Crippen LogP contribution < -0.4 is 5.32 Å². The number of aromatic amines is 1. The maximum atomic E-state index is 13.6. The molecule has 0 radical (unpaired) electrons. The maximum absolute atomic E-state index is 13.6. The van der Waals surface area contributed by atoms with Gasteiger partial charge in [-0.2, -0.15) is 0 Å². The summed E-state index contributed by atoms with van der Waals surface area (Å²) in [5.74, 6) is -1.38. The van der Waals surface area contributed by atoms with Crippen molar-refractivity contribution in [1.29, 1.82) is 0 Å². The number of aliphatic carboxylic acids is 1. The summed E-state index contributed by atoms with van der Waals surface area (Å²) in [6.45, 7) is 0.536. The molecule has 34 heavy (non-hydrogen) atoms. The summed E-state index contributed by atoms with van der Waals surface area (Å²) in [7, 11) is 0. The molecule has 3 aromatic rings. The van der Waals surface area contributed by atoms with E-state index in [1.807, 2.05) is 24.3 Å². The third-order valence-corrected chi connectivity index (χ3v) is 7.28. The smallest absolute Gasteiger partial charge is 0.326 e. The molecule has 1 saturated heterocycles. The summed E-state index contributed by atoms with van der Waals surface area (Å²) in [6, 6.07) is 10.3. The number of likely N-dealkylation sites (tertiary alicyclic amines) is 1. The maximum Gasteiger partial charge on any atom is 0.326 e. The van der Waals surface area contributed by atoms with Gasteiger partial charge in [-0.1, -0.05) is 41.4 Å². The van der Waals surface area contributed by atoms with E-state index in [-0.39, 0.29) is 18.9 Å². The van der Waals surface area contributed by atoms with Gasteiger partial charge in [0.15, 0.2) is 0 Å². The Morgan fingerprint density at radius 2 is 1.82 bits per heavy atom. The van der Waals surface area contributed by atoms with E-state index in [0.717, 1.165) is 22.2 Å². The number of fused-ring (bicyclic) bond motifs is 3. The van der Waals surface area contributed by atoms with E-state index < -0.39 is 24.1 Å². The minimum Gasteiger partial charge on any atom is -0.480 e. The monoisotopic (exact) mass is 500 g/mol. The normalized spacial score (nSPS) is 19.8. The number of urea groups is 1. The first kappa shape index (κ1) is 22.6. The quantitative estimate of drug-likeness (QED) is 0.491. The molecule has 2 aliphatic heterocycles. The second-order valence-electron chi connectivity index (χ2n) is 8.56. The molecule has 0 bridgehead atoms. The summed E-state index contributed by atoms with van der Waals surface area (Å²) < 4.78 is 0. The summed E-state index contributed by atoms with van der Waals surface area (Å²) in [4.78, 5) is 45.0. The number of carboxylic acid groups (broad SMARTS) is 1. The van der Waals surface area contributed by atoms with Crippen LogP contribution in [0.25, 0.3) is 10.9 Å². The van der Waals surface area contributed by atoms with E-state index in [1.54, 1.807) is 12.1 Å². The number of rotatable bonds is 3. The molecule has 2 aromatic carbocycles. The van der Waals surface area contributed by atoms with Gasteiger partial charge < -0.3 is 25.2 Å². The zero-order valence-electron chi connectivity index (χ0n) is 18.1. The highest BCUT2D eigenvalue weighted by Gasteiger charge is 2.43. The summed E-state index contributed by atoms with van der Waals surface area (Å²) in [5, 5.41) is 14.1. The zero-order valence-corrected chi connectivity index (χ0v) is 19.6. The molecule has 2 aliphatic rings. The molecule has 2 atom stereocenters. The molecule has 0 aliphatic carbocycles. The highest BCUT2D eigenvalue weighted by Crippen LogP contribution is 2.33. The topological polar surface area (TPSA) is 106 Å². The number of H-pyrrole nitrogens is 1. The van der Waals surface area contributed by atoms with Gasteiger partial charge in [-0.05, 0) is 42.7 Å². The van der Waals surface area contributed by atoms with Crippen LogP contribution in [0.2, 0.25) is 10.0 Å². The molecule has 0 saturated carbocycles. The number of carbonyl (C=O) groups is 3. The number of hydrogen-bond acceptors (Lipinski definition) is 3. The predicted molar refractivity (Wildman–Crippen MR) is 129 cm³/mol. The number of nitrogens with one attached hydrogen (secondary N) is 2. The molecule has 0 unspecified atom stereocenters. The number of nitrogens with zero attached hydrogens (tertiary/aromatic N) is 2. The van der Waals surface area contributed by atoms with Crippen molar-refractivity contribution >= 4 is 57.7 Å². The van der Waals surface area contributed by atoms with Gasteiger partial charge in [-0.15, -0.1) is 0 Å². The number of aromatic nitrogens is 1. The second kappa shape index (κ2) is 8.85. The Morgan fingerprint density at radius 3 is 2.59 bits per heavy atom. The van der Waals surface area contributed by atoms with Crippen LogP contribution in [0.5, 0.6) is 0 Å². The molecular formula is C24H22Cl2N4O4. The number of halogens is 2. The van der Waals surface area contributed by atoms with Crippen LogP contribution in [-0.4, -0.2) is 56.4 Å². The summed E-state index contributed by atoms with van der Waals surface area (Å²) in [5.41, 5.74) is 3.19. The molecule has 5 rings (SSSR count). The Kier molecular flexibility index (Phi) is 5.87. The number of carbonyl (C=O) groups excluding carboxylic acids is 2. The first-order valence-electron chi connectivity index (χ1n) is 11.0. The van der Waals surface area contributed by atoms with Crippen LogP contribution >= 0.6 is 23.2 Å². The lowest BCUT2D eigenvalue weighted by atomic mass is 9.95. The van der Waals surface area contributed by atoms with Crippen LogP contribution in [0.3, 0.4) is 0 Å². The Morgan fingerprint density at radius 1 is 1.03 bits per heavy atom. The minimum atomic E-state index is -1.03. The van der Waals surface area contributed by atoms with E-state index in [0.29, 0.717) is 35.1 Å². The molecule has 3 N–H and O–H groups in total. The Labute approximate surface area is 205 Å². The molecule has 10 heteroatoms. The molecule has 8 nitrogen and oxygen atoms in total. The highest BCUT2D eigenvalue weighted by atomic mass is 35.5. The van der Waals surface area contributed by atoms with Crippen LogP contribution in [0.1, 0.15) is 24.1 Å². The first-order chi connectivity index (χ1) is 16.3. The van der Waals surface area contributed by atoms with Crippen molar-refractivity contribution < 1.29 is 19.5 Å². The van der Waals surface area contributed by atoms with Gasteiger partial charge >= 0.3 is 12.0 Å². The van der Waals surface area contributed by atoms with Crippen molar-refractivity contribution in [1.82, 2.24) is 14.8 Å². The van der Waals surface area contributed by atoms with Crippen molar-refractivity contribution in [2.75, 3.05) is 11.9 Å². The van der Waals surface area contributed by atoms with Crippen molar-refractivity contribution in [2.45, 2.75) is 37.9 Å². The lowest BCUT2D eigenvalue weighted by molar-refractivity contribution is -0.150. The number of carboxylic acids is 1. The number of para-hydroxylation sites is 1. The first-order valence-corrected chi connectivity index (χ1v) is 11.7. The average molecular weight is 501 g/mol. The largest absolute Gasteiger partial charge is 0.480 e. The molecule has 176 valence electrons. The molecule has 3 heterocycles. The Balaban J connectivity index is 1.50. The minimum absolute atomic E-state index is 0.180. The highest BCUT2D eigenvalue weighted by molar-refractivity contribution is 6.42. The van der Waals surface area contributed by atoms with Gasteiger partial charge in [0.1, 0.15) is 12.1 Å². The fourth-order valence-electron chi connectivity index (χ4n) is 4.89. The summed E-state index contributed by atoms with van der Waals surface area (Å²) >= 11 is 12.1. The number of amides is 3. The van der Waals surface area contributed by atoms with E-state index in [1.165, 1.54) is 15.9 Å². The Hall–Kier alpha value is -3.23. The fourth-order valence-corrected chi connectivity index (χ4v) is 5.19. The second-order valence-corrected chi connectivity index (χ2v) is 9.38. The van der Waals surface area contributed by atoms with Crippen LogP contribution in [0.15, 0.2) is 42.5 Å². The number of anilines is 1. The van der Waals surface area contributed by atoms with Gasteiger partial charge in [-0.25, -0.2) is 9.59 Å². The molecular weight excluding hydrogens is 479 g/mol. The lowest BCUT2D eigenvalue weighted by Gasteiger charge is -2.37. The van der Waals surface area contributed by atoms with Crippen molar-refractivity contribution in [2.24, 2.45) is 0 Å². The van der Waals surface area contributed by atoms with E-state index in [4.69, 9.17) is 23.2 Å². The Bertz CT molecular complexity index is 1310. The zero-order chi connectivity index (χ0) is 24.0. The van der Waals surface area contributed by atoms with Gasteiger partial charge in [0.2, 0.25) is 5.91 Å². The third kappa shape index (κ3) is 3.97. The van der Waals surface area contributed by atoms with Gasteiger partial charge in [0.05, 0.1) is 16.6 Å². The molecule has 3 amide bonds. The van der Waals surface area contributed by atoms with Gasteiger partial charge in [0, 0.05) is 35.2 Å². The molecule has 0 spiro atoms. The molecule has 1 fully saturated rings. The van der Waals surface area contributed by atoms with Gasteiger partial charge in [-0.3, -0.25) is 4.79 Å². The third-order valence-electron chi connectivity index (χ3n) is 6.54. The molecule has 1 aromatic heterocycles. The average Bonchev–Trinajstić information content (AvgIpc) is 3.45. The number of benzene rings is 2. The SMILES string of the molecule is O=C(O)[C@@H]1CCCN1C(=O)[C@H]1Cc2c([nH]c3ccccc23)CN1C(=O)Nc1ccc(Cl)c(Cl)c1.